The zero-order valence-electron chi connectivity index (χ0n) is 9.70. The molecule has 0 aliphatic rings. The number of rotatable bonds is 3. The molecule has 0 atom stereocenters. The first kappa shape index (κ1) is 11.0. The predicted molar refractivity (Wildman–Crippen MR) is 68.1 cm³/mol. The van der Waals surface area contributed by atoms with Crippen LogP contribution in [0.5, 0.6) is 0 Å². The van der Waals surface area contributed by atoms with E-state index in [1.165, 1.54) is 0 Å². The smallest absolute Gasteiger partial charge is 0.236 e. The van der Waals surface area contributed by atoms with Crippen molar-refractivity contribution in [3.8, 4) is 10.8 Å². The van der Waals surface area contributed by atoms with Gasteiger partial charge in [-0.3, -0.25) is 0 Å². The van der Waals surface area contributed by atoms with Gasteiger partial charge in [-0.25, -0.2) is 9.67 Å². The first-order valence-electron chi connectivity index (χ1n) is 5.38. The maximum atomic E-state index is 5.64. The lowest BCUT2D eigenvalue weighted by molar-refractivity contribution is 0.568. The molecule has 0 aliphatic heterocycles. The molecule has 2 N–H and O–H groups in total. The summed E-state index contributed by atoms with van der Waals surface area (Å²) in [5.74, 6) is 1.07. The van der Waals surface area contributed by atoms with Crippen LogP contribution in [0.1, 0.15) is 11.4 Å². The second kappa shape index (κ2) is 4.26. The van der Waals surface area contributed by atoms with Crippen LogP contribution in [0, 0.1) is 6.92 Å². The fourth-order valence-electron chi connectivity index (χ4n) is 1.57. The Bertz CT molecular complexity index is 655. The van der Waals surface area contributed by atoms with Crippen molar-refractivity contribution in [2.45, 2.75) is 13.5 Å². The lowest BCUT2D eigenvalue weighted by atomic mass is 10.4. The van der Waals surface area contributed by atoms with Crippen molar-refractivity contribution < 1.29 is 4.42 Å². The molecule has 0 bridgehead atoms. The second-order valence-electron chi connectivity index (χ2n) is 3.84. The molecule has 18 heavy (non-hydrogen) atoms. The Morgan fingerprint density at radius 1 is 1.50 bits per heavy atom. The highest BCUT2D eigenvalue weighted by molar-refractivity contribution is 7.13. The van der Waals surface area contributed by atoms with E-state index in [9.17, 15) is 0 Å². The summed E-state index contributed by atoms with van der Waals surface area (Å²) < 4.78 is 7.13. The first-order chi connectivity index (χ1) is 8.74. The molecule has 7 heteroatoms. The summed E-state index contributed by atoms with van der Waals surface area (Å²) in [5, 5.41) is 9.74. The average Bonchev–Trinajstić information content (AvgIpc) is 3.06. The molecule has 0 radical (unpaired) electrons. The lowest BCUT2D eigenvalue weighted by Crippen LogP contribution is -2.04. The molecular formula is C11H11N5OS. The van der Waals surface area contributed by atoms with Gasteiger partial charge in [0.25, 0.3) is 0 Å². The van der Waals surface area contributed by atoms with E-state index in [-0.39, 0.29) is 0 Å². The molecule has 0 aromatic carbocycles. The quantitative estimate of drug-likeness (QED) is 0.779. The van der Waals surface area contributed by atoms with Crippen molar-refractivity contribution in [1.29, 1.82) is 0 Å². The van der Waals surface area contributed by atoms with Gasteiger partial charge in [0.05, 0.1) is 17.1 Å². The van der Waals surface area contributed by atoms with Crippen LogP contribution in [0.2, 0.25) is 0 Å². The van der Waals surface area contributed by atoms with Crippen molar-refractivity contribution >= 4 is 17.2 Å². The lowest BCUT2D eigenvalue weighted by Gasteiger charge is -1.98. The van der Waals surface area contributed by atoms with E-state index >= 15 is 0 Å². The summed E-state index contributed by atoms with van der Waals surface area (Å²) in [5.41, 5.74) is 7.27. The summed E-state index contributed by atoms with van der Waals surface area (Å²) in [7, 11) is 0. The molecule has 0 saturated carbocycles. The van der Waals surface area contributed by atoms with Gasteiger partial charge in [-0.1, -0.05) is 11.3 Å². The maximum absolute atomic E-state index is 5.64. The van der Waals surface area contributed by atoms with Crippen LogP contribution in [0.25, 0.3) is 10.8 Å². The number of thiophene rings is 1. The largest absolute Gasteiger partial charge is 0.443 e. The molecule has 3 rings (SSSR count). The fourth-order valence-corrected chi connectivity index (χ4v) is 2.23. The molecule has 0 amide bonds. The number of oxazole rings is 1. The standard InChI is InChI=1S/C11H11N5OS/c1-7-10(12)14-15-16(7)5-8-6-17-11(13-8)9-3-2-4-18-9/h2-4,6H,5,12H2,1H3. The van der Waals surface area contributed by atoms with Gasteiger partial charge in [0, 0.05) is 0 Å². The Kier molecular flexibility index (Phi) is 2.60. The number of hydrogen-bond acceptors (Lipinski definition) is 6. The number of nitrogen functional groups attached to an aromatic ring is 1. The van der Waals surface area contributed by atoms with Gasteiger partial charge < -0.3 is 10.2 Å². The van der Waals surface area contributed by atoms with Gasteiger partial charge in [-0.2, -0.15) is 0 Å². The van der Waals surface area contributed by atoms with Crippen molar-refractivity contribution in [3.05, 3.63) is 35.2 Å². The Morgan fingerprint density at radius 3 is 3.06 bits per heavy atom. The average molecular weight is 261 g/mol. The molecule has 0 saturated heterocycles. The molecule has 0 fully saturated rings. The van der Waals surface area contributed by atoms with Gasteiger partial charge in [0.1, 0.15) is 12.0 Å². The van der Waals surface area contributed by atoms with Crippen molar-refractivity contribution in [2.75, 3.05) is 5.73 Å². The van der Waals surface area contributed by atoms with Crippen LogP contribution >= 0.6 is 11.3 Å². The van der Waals surface area contributed by atoms with E-state index in [2.05, 4.69) is 15.3 Å². The van der Waals surface area contributed by atoms with Crippen molar-refractivity contribution in [3.63, 3.8) is 0 Å². The highest BCUT2D eigenvalue weighted by Gasteiger charge is 2.10. The van der Waals surface area contributed by atoms with E-state index < -0.39 is 0 Å². The maximum Gasteiger partial charge on any atom is 0.236 e. The normalized spacial score (nSPS) is 10.9. The van der Waals surface area contributed by atoms with Crippen LogP contribution in [-0.2, 0) is 6.54 Å². The van der Waals surface area contributed by atoms with Gasteiger partial charge in [-0.15, -0.1) is 16.4 Å². The third-order valence-corrected chi connectivity index (χ3v) is 3.47. The van der Waals surface area contributed by atoms with E-state index in [0.717, 1.165) is 16.3 Å². The highest BCUT2D eigenvalue weighted by Crippen LogP contribution is 2.23. The summed E-state index contributed by atoms with van der Waals surface area (Å²) in [6, 6.07) is 3.94. The minimum absolute atomic E-state index is 0.442. The van der Waals surface area contributed by atoms with Gasteiger partial charge >= 0.3 is 0 Å². The summed E-state index contributed by atoms with van der Waals surface area (Å²) in [4.78, 5) is 5.42. The van der Waals surface area contributed by atoms with E-state index in [4.69, 9.17) is 10.2 Å². The predicted octanol–water partition coefficient (Wildman–Crippen LogP) is 1.93. The Morgan fingerprint density at radius 2 is 2.39 bits per heavy atom. The molecule has 92 valence electrons. The zero-order valence-corrected chi connectivity index (χ0v) is 10.5. The minimum Gasteiger partial charge on any atom is -0.443 e. The van der Waals surface area contributed by atoms with Gasteiger partial charge in [-0.05, 0) is 18.4 Å². The molecule has 0 spiro atoms. The third kappa shape index (κ3) is 1.88. The summed E-state index contributed by atoms with van der Waals surface area (Å²) in [6.07, 6.45) is 1.63. The van der Waals surface area contributed by atoms with Crippen LogP contribution < -0.4 is 5.73 Å². The minimum atomic E-state index is 0.442. The summed E-state index contributed by atoms with van der Waals surface area (Å²) >= 11 is 1.59. The SMILES string of the molecule is Cc1c(N)nnn1Cc1coc(-c2cccs2)n1. The summed E-state index contributed by atoms with van der Waals surface area (Å²) in [6.45, 7) is 2.38. The first-order valence-corrected chi connectivity index (χ1v) is 6.26. The second-order valence-corrected chi connectivity index (χ2v) is 4.79. The van der Waals surface area contributed by atoms with Crippen LogP contribution in [0.15, 0.2) is 28.2 Å². The third-order valence-electron chi connectivity index (χ3n) is 2.61. The molecule has 0 unspecified atom stereocenters. The van der Waals surface area contributed by atoms with E-state index in [1.807, 2.05) is 24.4 Å². The molecular weight excluding hydrogens is 250 g/mol. The topological polar surface area (TPSA) is 82.8 Å². The monoisotopic (exact) mass is 261 g/mol. The van der Waals surface area contributed by atoms with Gasteiger partial charge in [0.15, 0.2) is 5.82 Å². The van der Waals surface area contributed by atoms with Crippen LogP contribution in [0.3, 0.4) is 0 Å². The number of hydrogen-bond donors (Lipinski definition) is 1. The zero-order chi connectivity index (χ0) is 12.5. The Balaban J connectivity index is 1.84. The Labute approximate surface area is 107 Å². The molecule has 3 heterocycles. The Hall–Kier alpha value is -2.15. The molecule has 6 nitrogen and oxygen atoms in total. The van der Waals surface area contributed by atoms with Crippen molar-refractivity contribution in [2.24, 2.45) is 0 Å². The van der Waals surface area contributed by atoms with Gasteiger partial charge in [0.2, 0.25) is 5.89 Å². The molecule has 3 aromatic heterocycles. The van der Waals surface area contributed by atoms with Crippen molar-refractivity contribution in [1.82, 2.24) is 20.0 Å². The fraction of sp³-hybridized carbons (Fsp3) is 0.182. The van der Waals surface area contributed by atoms with Crippen LogP contribution in [0.4, 0.5) is 5.82 Å². The van der Waals surface area contributed by atoms with E-state index in [0.29, 0.717) is 18.3 Å². The highest BCUT2D eigenvalue weighted by atomic mass is 32.1. The molecule has 0 aliphatic carbocycles. The number of nitrogens with two attached hydrogens (primary N) is 1. The number of anilines is 1. The van der Waals surface area contributed by atoms with E-state index in [1.54, 1.807) is 22.3 Å². The van der Waals surface area contributed by atoms with Crippen LogP contribution in [-0.4, -0.2) is 20.0 Å². The number of aromatic nitrogens is 4. The molecule has 3 aromatic rings. The number of nitrogens with zero attached hydrogens (tertiary/aromatic N) is 4.